The summed E-state index contributed by atoms with van der Waals surface area (Å²) in [6, 6.07) is -0.925. The summed E-state index contributed by atoms with van der Waals surface area (Å²) in [7, 11) is 0. The summed E-state index contributed by atoms with van der Waals surface area (Å²) in [5.74, 6) is 0.500. The molecule has 2 rings (SSSR count). The van der Waals surface area contributed by atoms with E-state index in [2.05, 4.69) is 10.6 Å². The predicted molar refractivity (Wildman–Crippen MR) is 69.4 cm³/mol. The van der Waals surface area contributed by atoms with Crippen LogP contribution in [0.15, 0.2) is 0 Å². The molecule has 0 unspecified atom stereocenters. The third kappa shape index (κ3) is 3.66. The standard InChI is InChI=1S/C13H24N2O4/c16-7-10-13(19)12(18)9(15-10)6-14-11(17)5-8-3-1-2-4-8/h8-10,12-13,15-16,18-19H,1-7H2,(H,14,17)/t9-,10-,12-,13+/m1/s1. The number of nitrogens with one attached hydrogen (secondary N) is 2. The van der Waals surface area contributed by atoms with E-state index in [4.69, 9.17) is 5.11 Å². The van der Waals surface area contributed by atoms with Crippen molar-refractivity contribution in [2.24, 2.45) is 5.92 Å². The quantitative estimate of drug-likeness (QED) is 0.430. The van der Waals surface area contributed by atoms with Crippen LogP contribution in [0.4, 0.5) is 0 Å². The van der Waals surface area contributed by atoms with Crippen LogP contribution in [-0.2, 0) is 4.79 Å². The molecule has 0 aromatic rings. The second kappa shape index (κ2) is 6.65. The minimum absolute atomic E-state index is 0.00263. The topological polar surface area (TPSA) is 102 Å². The number of aliphatic hydroxyl groups excluding tert-OH is 3. The number of carbonyl (C=O) groups excluding carboxylic acids is 1. The number of aliphatic hydroxyl groups is 3. The van der Waals surface area contributed by atoms with Crippen LogP contribution in [-0.4, -0.2) is 58.7 Å². The van der Waals surface area contributed by atoms with Gasteiger partial charge in [-0.05, 0) is 18.8 Å². The summed E-state index contributed by atoms with van der Waals surface area (Å²) in [5, 5.41) is 34.2. The molecular formula is C13H24N2O4. The number of amides is 1. The third-order valence-electron chi connectivity index (χ3n) is 4.27. The van der Waals surface area contributed by atoms with E-state index in [1.807, 2.05) is 0 Å². The minimum atomic E-state index is -0.985. The van der Waals surface area contributed by atoms with E-state index >= 15 is 0 Å². The molecule has 6 nitrogen and oxygen atoms in total. The first-order valence-electron chi connectivity index (χ1n) is 7.11. The molecule has 0 aromatic heterocycles. The maximum atomic E-state index is 11.8. The van der Waals surface area contributed by atoms with Crippen molar-refractivity contribution in [2.45, 2.75) is 56.4 Å². The zero-order chi connectivity index (χ0) is 13.8. The molecule has 1 aliphatic heterocycles. The Balaban J connectivity index is 1.71. The van der Waals surface area contributed by atoms with Gasteiger partial charge in [0.1, 0.15) is 0 Å². The molecule has 110 valence electrons. The molecule has 0 aromatic carbocycles. The molecule has 0 bridgehead atoms. The van der Waals surface area contributed by atoms with E-state index < -0.39 is 24.3 Å². The van der Waals surface area contributed by atoms with Gasteiger partial charge in [-0.15, -0.1) is 0 Å². The highest BCUT2D eigenvalue weighted by Crippen LogP contribution is 2.27. The van der Waals surface area contributed by atoms with Crippen LogP contribution in [0.1, 0.15) is 32.1 Å². The zero-order valence-corrected chi connectivity index (χ0v) is 11.1. The Morgan fingerprint density at radius 2 is 1.79 bits per heavy atom. The molecule has 1 heterocycles. The Labute approximate surface area is 113 Å². The third-order valence-corrected chi connectivity index (χ3v) is 4.27. The Bertz CT molecular complexity index is 307. The lowest BCUT2D eigenvalue weighted by Gasteiger charge is -2.17. The molecule has 6 heteroatoms. The SMILES string of the molecule is O=C(CC1CCCC1)NC[C@H]1N[C@H](CO)[C@H](O)[C@@H]1O. The summed E-state index contributed by atoms with van der Waals surface area (Å²) in [6.45, 7) is 0.0467. The second-order valence-corrected chi connectivity index (χ2v) is 5.70. The van der Waals surface area contributed by atoms with Gasteiger partial charge in [0.25, 0.3) is 0 Å². The molecule has 0 radical (unpaired) electrons. The Kier molecular flexibility index (Phi) is 5.15. The van der Waals surface area contributed by atoms with Crippen LogP contribution in [0, 0.1) is 5.92 Å². The van der Waals surface area contributed by atoms with Gasteiger partial charge >= 0.3 is 0 Å². The van der Waals surface area contributed by atoms with Crippen LogP contribution >= 0.6 is 0 Å². The summed E-state index contributed by atoms with van der Waals surface area (Å²) in [5.41, 5.74) is 0. The molecule has 19 heavy (non-hydrogen) atoms. The zero-order valence-electron chi connectivity index (χ0n) is 11.1. The maximum Gasteiger partial charge on any atom is 0.220 e. The van der Waals surface area contributed by atoms with Crippen molar-refractivity contribution >= 4 is 5.91 Å². The highest BCUT2D eigenvalue weighted by molar-refractivity contribution is 5.76. The van der Waals surface area contributed by atoms with Gasteiger partial charge in [0.15, 0.2) is 0 Å². The first-order chi connectivity index (χ1) is 9.11. The van der Waals surface area contributed by atoms with E-state index in [0.717, 1.165) is 12.8 Å². The average Bonchev–Trinajstić information content (AvgIpc) is 2.98. The van der Waals surface area contributed by atoms with Crippen molar-refractivity contribution in [3.63, 3.8) is 0 Å². The molecule has 5 N–H and O–H groups in total. The number of carbonyl (C=O) groups is 1. The molecule has 2 aliphatic rings. The molecular weight excluding hydrogens is 248 g/mol. The van der Waals surface area contributed by atoms with Gasteiger partial charge in [0.05, 0.1) is 30.9 Å². The lowest BCUT2D eigenvalue weighted by atomic mass is 10.0. The molecule has 2 fully saturated rings. The van der Waals surface area contributed by atoms with Crippen LogP contribution in [0.3, 0.4) is 0 Å². The predicted octanol–water partition coefficient (Wildman–Crippen LogP) is -1.26. The Morgan fingerprint density at radius 3 is 2.37 bits per heavy atom. The number of hydrogen-bond acceptors (Lipinski definition) is 5. The Morgan fingerprint density at radius 1 is 1.16 bits per heavy atom. The smallest absolute Gasteiger partial charge is 0.220 e. The number of hydrogen-bond donors (Lipinski definition) is 5. The van der Waals surface area contributed by atoms with E-state index in [1.165, 1.54) is 12.8 Å². The fourth-order valence-corrected chi connectivity index (χ4v) is 3.06. The van der Waals surface area contributed by atoms with Crippen LogP contribution < -0.4 is 10.6 Å². The van der Waals surface area contributed by atoms with Gasteiger partial charge in [0.2, 0.25) is 5.91 Å². The normalized spacial score (nSPS) is 35.7. The molecule has 1 amide bonds. The summed E-state index contributed by atoms with van der Waals surface area (Å²) < 4.78 is 0. The van der Waals surface area contributed by atoms with Gasteiger partial charge in [-0.2, -0.15) is 0 Å². The van der Waals surface area contributed by atoms with Crippen molar-refractivity contribution in [1.82, 2.24) is 10.6 Å². The van der Waals surface area contributed by atoms with Crippen molar-refractivity contribution < 1.29 is 20.1 Å². The fourth-order valence-electron chi connectivity index (χ4n) is 3.06. The molecule has 1 saturated heterocycles. The van der Waals surface area contributed by atoms with E-state index in [-0.39, 0.29) is 19.1 Å². The Hall–Kier alpha value is -0.690. The largest absolute Gasteiger partial charge is 0.395 e. The summed E-state index contributed by atoms with van der Waals surface area (Å²) >= 11 is 0. The van der Waals surface area contributed by atoms with Gasteiger partial charge in [0, 0.05) is 13.0 Å². The van der Waals surface area contributed by atoms with Gasteiger partial charge in [-0.25, -0.2) is 0 Å². The minimum Gasteiger partial charge on any atom is -0.395 e. The lowest BCUT2D eigenvalue weighted by Crippen LogP contribution is -2.44. The molecule has 1 saturated carbocycles. The van der Waals surface area contributed by atoms with Crippen molar-refractivity contribution in [3.8, 4) is 0 Å². The van der Waals surface area contributed by atoms with Gasteiger partial charge in [-0.1, -0.05) is 12.8 Å². The fraction of sp³-hybridized carbons (Fsp3) is 0.923. The van der Waals surface area contributed by atoms with E-state index in [9.17, 15) is 15.0 Å². The van der Waals surface area contributed by atoms with E-state index in [0.29, 0.717) is 12.3 Å². The summed E-state index contributed by atoms with van der Waals surface area (Å²) in [6.07, 6.45) is 3.29. The first kappa shape index (κ1) is 14.7. The first-order valence-corrected chi connectivity index (χ1v) is 7.11. The average molecular weight is 272 g/mol. The highest BCUT2D eigenvalue weighted by Gasteiger charge is 2.40. The van der Waals surface area contributed by atoms with Crippen molar-refractivity contribution in [1.29, 1.82) is 0 Å². The van der Waals surface area contributed by atoms with Crippen molar-refractivity contribution in [3.05, 3.63) is 0 Å². The number of rotatable bonds is 5. The van der Waals surface area contributed by atoms with Gasteiger partial charge < -0.3 is 26.0 Å². The molecule has 0 spiro atoms. The lowest BCUT2D eigenvalue weighted by molar-refractivity contribution is -0.122. The van der Waals surface area contributed by atoms with Crippen molar-refractivity contribution in [2.75, 3.05) is 13.2 Å². The monoisotopic (exact) mass is 272 g/mol. The van der Waals surface area contributed by atoms with Crippen LogP contribution in [0.25, 0.3) is 0 Å². The second-order valence-electron chi connectivity index (χ2n) is 5.70. The van der Waals surface area contributed by atoms with Crippen LogP contribution in [0.5, 0.6) is 0 Å². The molecule has 1 aliphatic carbocycles. The maximum absolute atomic E-state index is 11.8. The summed E-state index contributed by atoms with van der Waals surface area (Å²) in [4.78, 5) is 11.8. The van der Waals surface area contributed by atoms with E-state index in [1.54, 1.807) is 0 Å². The molecule has 4 atom stereocenters. The van der Waals surface area contributed by atoms with Gasteiger partial charge in [-0.3, -0.25) is 4.79 Å². The van der Waals surface area contributed by atoms with Crippen LogP contribution in [0.2, 0.25) is 0 Å². The highest BCUT2D eigenvalue weighted by atomic mass is 16.3.